The number of carbonyl (C=O) groups excluding carboxylic acids is 1. The number of pyridine rings is 1. The molecular formula is C19H21N3O2. The molecule has 1 fully saturated rings. The molecule has 2 N–H and O–H groups in total. The summed E-state index contributed by atoms with van der Waals surface area (Å²) in [5.74, 6) is 0.590. The van der Waals surface area contributed by atoms with E-state index in [1.807, 2.05) is 24.3 Å². The lowest BCUT2D eigenvalue weighted by molar-refractivity contribution is 0.0957. The molecule has 124 valence electrons. The van der Waals surface area contributed by atoms with E-state index in [0.29, 0.717) is 12.1 Å². The minimum Gasteiger partial charge on any atom is -0.371 e. The van der Waals surface area contributed by atoms with Gasteiger partial charge in [-0.2, -0.15) is 0 Å². The lowest BCUT2D eigenvalue weighted by atomic mass is 10.0. The van der Waals surface area contributed by atoms with Gasteiger partial charge in [0.25, 0.3) is 5.91 Å². The molecule has 0 saturated carbocycles. The summed E-state index contributed by atoms with van der Waals surface area (Å²) >= 11 is 0. The fourth-order valence-electron chi connectivity index (χ4n) is 2.78. The van der Waals surface area contributed by atoms with Gasteiger partial charge in [0.15, 0.2) is 0 Å². The van der Waals surface area contributed by atoms with Gasteiger partial charge in [0.2, 0.25) is 0 Å². The minimum atomic E-state index is -0.152. The highest BCUT2D eigenvalue weighted by Gasteiger charge is 2.29. The standard InChI is InChI=1S/C19H21N3O2/c1-2-11-20-19(23)15-8-9-17(21-13-15)22-16-10-12-24-18(16)14-6-4-3-5-7-14/h2-9,13,16,18H,1,10-12H2,(H,20,23)(H,21,22)/t16-,18-/m1/s1. The minimum absolute atomic E-state index is 0.0172. The highest BCUT2D eigenvalue weighted by molar-refractivity contribution is 5.94. The Morgan fingerprint density at radius 2 is 2.12 bits per heavy atom. The third-order valence-corrected chi connectivity index (χ3v) is 3.99. The van der Waals surface area contributed by atoms with Gasteiger partial charge in [-0.3, -0.25) is 4.79 Å². The number of rotatable bonds is 6. The Morgan fingerprint density at radius 3 is 2.83 bits per heavy atom. The molecule has 0 aliphatic carbocycles. The van der Waals surface area contributed by atoms with Crippen LogP contribution in [0.4, 0.5) is 5.82 Å². The van der Waals surface area contributed by atoms with Crippen molar-refractivity contribution in [2.24, 2.45) is 0 Å². The van der Waals surface area contributed by atoms with E-state index in [1.54, 1.807) is 18.3 Å². The molecule has 1 saturated heterocycles. The summed E-state index contributed by atoms with van der Waals surface area (Å²) in [6.45, 7) is 4.74. The van der Waals surface area contributed by atoms with Crippen LogP contribution in [0.3, 0.4) is 0 Å². The zero-order chi connectivity index (χ0) is 16.8. The van der Waals surface area contributed by atoms with Crippen LogP contribution in [0.25, 0.3) is 0 Å². The second-order valence-corrected chi connectivity index (χ2v) is 5.67. The van der Waals surface area contributed by atoms with Crippen molar-refractivity contribution in [2.75, 3.05) is 18.5 Å². The number of nitrogens with zero attached hydrogens (tertiary/aromatic N) is 1. The number of hydrogen-bond acceptors (Lipinski definition) is 4. The van der Waals surface area contributed by atoms with Gasteiger partial charge in [0, 0.05) is 19.3 Å². The van der Waals surface area contributed by atoms with Crippen molar-refractivity contribution in [2.45, 2.75) is 18.6 Å². The molecule has 2 heterocycles. The third kappa shape index (κ3) is 3.81. The number of carbonyl (C=O) groups is 1. The van der Waals surface area contributed by atoms with Crippen LogP contribution in [0.1, 0.15) is 28.4 Å². The van der Waals surface area contributed by atoms with Crippen LogP contribution < -0.4 is 10.6 Å². The molecule has 0 unspecified atom stereocenters. The van der Waals surface area contributed by atoms with Gasteiger partial charge in [0.1, 0.15) is 11.9 Å². The van der Waals surface area contributed by atoms with Crippen LogP contribution in [0, 0.1) is 0 Å². The van der Waals surface area contributed by atoms with E-state index in [-0.39, 0.29) is 18.1 Å². The highest BCUT2D eigenvalue weighted by atomic mass is 16.5. The quantitative estimate of drug-likeness (QED) is 0.802. The summed E-state index contributed by atoms with van der Waals surface area (Å²) in [5, 5.41) is 6.15. The van der Waals surface area contributed by atoms with Gasteiger partial charge < -0.3 is 15.4 Å². The molecule has 2 atom stereocenters. The average Bonchev–Trinajstić information content (AvgIpc) is 3.09. The molecule has 1 aromatic heterocycles. The lowest BCUT2D eigenvalue weighted by Gasteiger charge is -2.20. The van der Waals surface area contributed by atoms with Crippen molar-refractivity contribution in [3.05, 3.63) is 72.4 Å². The zero-order valence-corrected chi connectivity index (χ0v) is 13.4. The molecule has 0 spiro atoms. The third-order valence-electron chi connectivity index (χ3n) is 3.99. The molecule has 1 aromatic carbocycles. The Bertz CT molecular complexity index is 686. The van der Waals surface area contributed by atoms with Gasteiger partial charge in [-0.15, -0.1) is 6.58 Å². The monoisotopic (exact) mass is 323 g/mol. The van der Waals surface area contributed by atoms with Crippen molar-refractivity contribution in [1.29, 1.82) is 0 Å². The van der Waals surface area contributed by atoms with Gasteiger partial charge in [-0.25, -0.2) is 4.98 Å². The van der Waals surface area contributed by atoms with E-state index in [2.05, 4.69) is 34.3 Å². The summed E-state index contributed by atoms with van der Waals surface area (Å²) in [7, 11) is 0. The molecule has 1 aliphatic rings. The molecule has 1 aliphatic heterocycles. The average molecular weight is 323 g/mol. The van der Waals surface area contributed by atoms with Gasteiger partial charge >= 0.3 is 0 Å². The largest absolute Gasteiger partial charge is 0.371 e. The Hall–Kier alpha value is -2.66. The second-order valence-electron chi connectivity index (χ2n) is 5.67. The second kappa shape index (κ2) is 7.75. The van der Waals surface area contributed by atoms with Crippen molar-refractivity contribution in [3.8, 4) is 0 Å². The van der Waals surface area contributed by atoms with Crippen LogP contribution in [0.5, 0.6) is 0 Å². The van der Waals surface area contributed by atoms with E-state index < -0.39 is 0 Å². The highest BCUT2D eigenvalue weighted by Crippen LogP contribution is 2.30. The predicted octanol–water partition coefficient (Wildman–Crippen LogP) is 2.94. The number of aromatic nitrogens is 1. The van der Waals surface area contributed by atoms with Gasteiger partial charge in [-0.05, 0) is 24.1 Å². The van der Waals surface area contributed by atoms with Crippen molar-refractivity contribution < 1.29 is 9.53 Å². The maximum atomic E-state index is 11.9. The fourth-order valence-corrected chi connectivity index (χ4v) is 2.78. The number of ether oxygens (including phenoxy) is 1. The number of nitrogens with one attached hydrogen (secondary N) is 2. The fraction of sp³-hybridized carbons (Fsp3) is 0.263. The summed E-state index contributed by atoms with van der Waals surface area (Å²) in [6, 6.07) is 13.9. The number of amides is 1. The first-order valence-corrected chi connectivity index (χ1v) is 8.06. The summed E-state index contributed by atoms with van der Waals surface area (Å²) < 4.78 is 5.87. The molecule has 24 heavy (non-hydrogen) atoms. The van der Waals surface area contributed by atoms with E-state index in [1.165, 1.54) is 0 Å². The smallest absolute Gasteiger partial charge is 0.253 e. The van der Waals surface area contributed by atoms with Crippen LogP contribution in [0.2, 0.25) is 0 Å². The first-order chi connectivity index (χ1) is 11.8. The Morgan fingerprint density at radius 1 is 1.29 bits per heavy atom. The first-order valence-electron chi connectivity index (χ1n) is 8.06. The van der Waals surface area contributed by atoms with Crippen LogP contribution >= 0.6 is 0 Å². The molecule has 3 rings (SSSR count). The van der Waals surface area contributed by atoms with Crippen LogP contribution in [-0.2, 0) is 4.74 Å². The van der Waals surface area contributed by atoms with E-state index in [9.17, 15) is 4.79 Å². The molecule has 2 aromatic rings. The Balaban J connectivity index is 1.65. The Kier molecular flexibility index (Phi) is 5.23. The molecule has 1 amide bonds. The molecule has 5 nitrogen and oxygen atoms in total. The number of anilines is 1. The van der Waals surface area contributed by atoms with Crippen molar-refractivity contribution >= 4 is 11.7 Å². The topological polar surface area (TPSA) is 63.2 Å². The Labute approximate surface area is 141 Å². The normalized spacial score (nSPS) is 19.7. The van der Waals surface area contributed by atoms with Crippen molar-refractivity contribution in [3.63, 3.8) is 0 Å². The maximum absolute atomic E-state index is 11.9. The van der Waals surface area contributed by atoms with Crippen LogP contribution in [-0.4, -0.2) is 30.1 Å². The zero-order valence-electron chi connectivity index (χ0n) is 13.4. The molecule has 0 radical (unpaired) electrons. The summed E-state index contributed by atoms with van der Waals surface area (Å²) in [5.41, 5.74) is 1.69. The van der Waals surface area contributed by atoms with E-state index in [0.717, 1.165) is 24.4 Å². The van der Waals surface area contributed by atoms with Gasteiger partial charge in [0.05, 0.1) is 11.6 Å². The number of benzene rings is 1. The molecule has 5 heteroatoms. The summed E-state index contributed by atoms with van der Waals surface area (Å²) in [6.07, 6.45) is 4.16. The molecule has 0 bridgehead atoms. The number of hydrogen-bond donors (Lipinski definition) is 2. The van der Waals surface area contributed by atoms with E-state index >= 15 is 0 Å². The maximum Gasteiger partial charge on any atom is 0.253 e. The van der Waals surface area contributed by atoms with Gasteiger partial charge in [-0.1, -0.05) is 36.4 Å². The lowest BCUT2D eigenvalue weighted by Crippen LogP contribution is -2.25. The van der Waals surface area contributed by atoms with Crippen molar-refractivity contribution in [1.82, 2.24) is 10.3 Å². The SMILES string of the molecule is C=CCNC(=O)c1ccc(N[C@@H]2CCO[C@@H]2c2ccccc2)nc1. The molecular weight excluding hydrogens is 302 g/mol. The summed E-state index contributed by atoms with van der Waals surface area (Å²) in [4.78, 5) is 16.2. The van der Waals surface area contributed by atoms with E-state index in [4.69, 9.17) is 4.74 Å². The van der Waals surface area contributed by atoms with Crippen LogP contribution in [0.15, 0.2) is 61.3 Å². The first kappa shape index (κ1) is 16.2. The predicted molar refractivity (Wildman–Crippen MR) is 93.9 cm³/mol.